The minimum atomic E-state index is 0.0416. The standard InChI is InChI=1S/C16H19ClN2/c1-2-12-7-8-15(19-11-12)10-14(18)9-13-5-3-4-6-16(13)17/h3-8,11,14H,2,9-10,18H2,1H3. The molecule has 0 aliphatic heterocycles. The summed E-state index contributed by atoms with van der Waals surface area (Å²) in [6, 6.07) is 12.1. The molecular weight excluding hydrogens is 256 g/mol. The largest absolute Gasteiger partial charge is 0.327 e. The van der Waals surface area contributed by atoms with Gasteiger partial charge in [0.15, 0.2) is 0 Å². The molecular formula is C16H19ClN2. The van der Waals surface area contributed by atoms with Crippen LogP contribution < -0.4 is 5.73 Å². The van der Waals surface area contributed by atoms with E-state index < -0.39 is 0 Å². The molecule has 1 unspecified atom stereocenters. The number of hydrogen-bond acceptors (Lipinski definition) is 2. The Morgan fingerprint density at radius 2 is 1.95 bits per heavy atom. The van der Waals surface area contributed by atoms with Gasteiger partial charge in [0.2, 0.25) is 0 Å². The first-order chi connectivity index (χ1) is 9.19. The van der Waals surface area contributed by atoms with Crippen LogP contribution in [0.1, 0.15) is 23.7 Å². The summed E-state index contributed by atoms with van der Waals surface area (Å²) >= 11 is 6.14. The zero-order chi connectivity index (χ0) is 13.7. The molecule has 1 aromatic carbocycles. The van der Waals surface area contributed by atoms with Crippen molar-refractivity contribution in [3.63, 3.8) is 0 Å². The molecule has 1 heterocycles. The van der Waals surface area contributed by atoms with Crippen molar-refractivity contribution >= 4 is 11.6 Å². The lowest BCUT2D eigenvalue weighted by Gasteiger charge is -2.12. The molecule has 2 N–H and O–H groups in total. The van der Waals surface area contributed by atoms with E-state index >= 15 is 0 Å². The minimum Gasteiger partial charge on any atom is -0.327 e. The first kappa shape index (κ1) is 14.0. The summed E-state index contributed by atoms with van der Waals surface area (Å²) in [6.07, 6.45) is 4.49. The molecule has 2 rings (SSSR count). The van der Waals surface area contributed by atoms with Gasteiger partial charge in [0, 0.05) is 29.4 Å². The molecule has 0 aliphatic carbocycles. The van der Waals surface area contributed by atoms with Gasteiger partial charge in [0.05, 0.1) is 0 Å². The van der Waals surface area contributed by atoms with Crippen LogP contribution in [-0.4, -0.2) is 11.0 Å². The van der Waals surface area contributed by atoms with Crippen LogP contribution in [0.25, 0.3) is 0 Å². The van der Waals surface area contributed by atoms with Crippen molar-refractivity contribution in [2.45, 2.75) is 32.2 Å². The van der Waals surface area contributed by atoms with E-state index in [1.54, 1.807) is 0 Å². The van der Waals surface area contributed by atoms with Crippen molar-refractivity contribution in [3.05, 3.63) is 64.4 Å². The zero-order valence-corrected chi connectivity index (χ0v) is 11.9. The van der Waals surface area contributed by atoms with Gasteiger partial charge in [-0.25, -0.2) is 0 Å². The molecule has 0 bridgehead atoms. The van der Waals surface area contributed by atoms with Gasteiger partial charge in [0.1, 0.15) is 0 Å². The fourth-order valence-corrected chi connectivity index (χ4v) is 2.29. The Morgan fingerprint density at radius 3 is 2.58 bits per heavy atom. The number of aromatic nitrogens is 1. The highest BCUT2D eigenvalue weighted by molar-refractivity contribution is 6.31. The molecule has 2 aromatic rings. The summed E-state index contributed by atoms with van der Waals surface area (Å²) in [5, 5.41) is 0.784. The molecule has 0 saturated carbocycles. The highest BCUT2D eigenvalue weighted by Crippen LogP contribution is 2.17. The molecule has 0 radical (unpaired) electrons. The van der Waals surface area contributed by atoms with Crippen molar-refractivity contribution in [3.8, 4) is 0 Å². The number of halogens is 1. The maximum Gasteiger partial charge on any atom is 0.0438 e. The van der Waals surface area contributed by atoms with Crippen LogP contribution in [-0.2, 0) is 19.3 Å². The molecule has 1 atom stereocenters. The monoisotopic (exact) mass is 274 g/mol. The Labute approximate surface area is 119 Å². The van der Waals surface area contributed by atoms with Crippen molar-refractivity contribution in [2.24, 2.45) is 5.73 Å². The van der Waals surface area contributed by atoms with E-state index in [0.29, 0.717) is 0 Å². The van der Waals surface area contributed by atoms with Gasteiger partial charge < -0.3 is 5.73 Å². The Morgan fingerprint density at radius 1 is 1.16 bits per heavy atom. The maximum atomic E-state index is 6.18. The summed E-state index contributed by atoms with van der Waals surface area (Å²) in [5.41, 5.74) is 9.57. The second-order valence-corrected chi connectivity index (χ2v) is 5.18. The Kier molecular flexibility index (Phi) is 4.94. The van der Waals surface area contributed by atoms with E-state index in [-0.39, 0.29) is 6.04 Å². The summed E-state index contributed by atoms with van der Waals surface area (Å²) in [5.74, 6) is 0. The average Bonchev–Trinajstić information content (AvgIpc) is 2.42. The lowest BCUT2D eigenvalue weighted by Crippen LogP contribution is -2.26. The molecule has 0 saturated heterocycles. The van der Waals surface area contributed by atoms with Crippen LogP contribution in [0.3, 0.4) is 0 Å². The number of aryl methyl sites for hydroxylation is 1. The second-order valence-electron chi connectivity index (χ2n) is 4.77. The number of nitrogens with two attached hydrogens (primary N) is 1. The molecule has 100 valence electrons. The third-order valence-corrected chi connectivity index (χ3v) is 3.57. The smallest absolute Gasteiger partial charge is 0.0438 e. The second kappa shape index (κ2) is 6.69. The van der Waals surface area contributed by atoms with Crippen molar-refractivity contribution in [1.82, 2.24) is 4.98 Å². The number of rotatable bonds is 5. The fraction of sp³-hybridized carbons (Fsp3) is 0.312. The van der Waals surface area contributed by atoms with Crippen molar-refractivity contribution < 1.29 is 0 Å². The predicted molar refractivity (Wildman–Crippen MR) is 80.5 cm³/mol. The quantitative estimate of drug-likeness (QED) is 0.907. The number of hydrogen-bond donors (Lipinski definition) is 1. The van der Waals surface area contributed by atoms with Gasteiger partial charge in [-0.05, 0) is 36.1 Å². The molecule has 0 amide bonds. The fourth-order valence-electron chi connectivity index (χ4n) is 2.07. The predicted octanol–water partition coefficient (Wildman–Crippen LogP) is 3.41. The van der Waals surface area contributed by atoms with Gasteiger partial charge in [0.25, 0.3) is 0 Å². The van der Waals surface area contributed by atoms with Crippen LogP contribution in [0.2, 0.25) is 5.02 Å². The Hall–Kier alpha value is -1.38. The van der Waals surface area contributed by atoms with E-state index in [2.05, 4.69) is 24.0 Å². The van der Waals surface area contributed by atoms with Gasteiger partial charge in [-0.2, -0.15) is 0 Å². The van der Waals surface area contributed by atoms with E-state index in [1.165, 1.54) is 5.56 Å². The van der Waals surface area contributed by atoms with Gasteiger partial charge in [-0.1, -0.05) is 42.8 Å². The van der Waals surface area contributed by atoms with Crippen LogP contribution in [0.4, 0.5) is 0 Å². The Balaban J connectivity index is 1.97. The Bertz CT molecular complexity index is 523. The highest BCUT2D eigenvalue weighted by atomic mass is 35.5. The molecule has 0 aliphatic rings. The summed E-state index contributed by atoms with van der Waals surface area (Å²) in [7, 11) is 0. The lowest BCUT2D eigenvalue weighted by atomic mass is 10.0. The first-order valence-corrected chi connectivity index (χ1v) is 6.99. The van der Waals surface area contributed by atoms with Crippen molar-refractivity contribution in [2.75, 3.05) is 0 Å². The van der Waals surface area contributed by atoms with Crippen LogP contribution in [0.15, 0.2) is 42.6 Å². The number of benzene rings is 1. The maximum absolute atomic E-state index is 6.18. The molecule has 19 heavy (non-hydrogen) atoms. The van der Waals surface area contributed by atoms with Crippen LogP contribution in [0, 0.1) is 0 Å². The SMILES string of the molecule is CCc1ccc(CC(N)Cc2ccccc2Cl)nc1. The minimum absolute atomic E-state index is 0.0416. The van der Waals surface area contributed by atoms with Crippen molar-refractivity contribution in [1.29, 1.82) is 0 Å². The van der Waals surface area contributed by atoms with Gasteiger partial charge in [-0.15, -0.1) is 0 Å². The third kappa shape index (κ3) is 4.05. The molecule has 0 fully saturated rings. The molecule has 2 nitrogen and oxygen atoms in total. The highest BCUT2D eigenvalue weighted by Gasteiger charge is 2.08. The molecule has 3 heteroatoms. The summed E-state index contributed by atoms with van der Waals surface area (Å²) in [4.78, 5) is 4.44. The van der Waals surface area contributed by atoms with Crippen LogP contribution >= 0.6 is 11.6 Å². The normalized spacial score (nSPS) is 12.4. The third-order valence-electron chi connectivity index (χ3n) is 3.21. The topological polar surface area (TPSA) is 38.9 Å². The molecule has 0 spiro atoms. The molecule has 1 aromatic heterocycles. The van der Waals surface area contributed by atoms with E-state index in [0.717, 1.165) is 35.5 Å². The van der Waals surface area contributed by atoms with E-state index in [9.17, 15) is 0 Å². The number of nitrogens with zero attached hydrogens (tertiary/aromatic N) is 1. The lowest BCUT2D eigenvalue weighted by molar-refractivity contribution is 0.654. The zero-order valence-electron chi connectivity index (χ0n) is 11.1. The van der Waals surface area contributed by atoms with Gasteiger partial charge in [-0.3, -0.25) is 4.98 Å². The number of pyridine rings is 1. The average molecular weight is 275 g/mol. The van der Waals surface area contributed by atoms with Crippen LogP contribution in [0.5, 0.6) is 0 Å². The summed E-state index contributed by atoms with van der Waals surface area (Å²) in [6.45, 7) is 2.12. The van der Waals surface area contributed by atoms with E-state index in [1.807, 2.05) is 30.5 Å². The van der Waals surface area contributed by atoms with E-state index in [4.69, 9.17) is 17.3 Å². The first-order valence-electron chi connectivity index (χ1n) is 6.62. The van der Waals surface area contributed by atoms with Gasteiger partial charge >= 0.3 is 0 Å². The summed E-state index contributed by atoms with van der Waals surface area (Å²) < 4.78 is 0.